The maximum Gasteiger partial charge on any atom is 0.232 e. The lowest BCUT2D eigenvalue weighted by Crippen LogP contribution is -2.37. The number of aryl methyl sites for hydroxylation is 2. The van der Waals surface area contributed by atoms with Crippen LogP contribution in [0.25, 0.3) is 0 Å². The van der Waals surface area contributed by atoms with Crippen LogP contribution in [0.3, 0.4) is 0 Å². The summed E-state index contributed by atoms with van der Waals surface area (Å²) in [5.74, 6) is 0.335. The first kappa shape index (κ1) is 20.5. The third kappa shape index (κ3) is 6.15. The lowest BCUT2D eigenvalue weighted by Gasteiger charge is -2.23. The molecule has 1 rings (SSSR count). The van der Waals surface area contributed by atoms with E-state index in [4.69, 9.17) is 0 Å². The molecule has 0 radical (unpaired) electrons. The number of nitrogens with zero attached hydrogens (tertiary/aromatic N) is 1. The average molecular weight is 355 g/mol. The molecule has 5 nitrogen and oxygen atoms in total. The van der Waals surface area contributed by atoms with Crippen molar-refractivity contribution < 1.29 is 13.2 Å². The molecular weight excluding hydrogens is 324 g/mol. The fraction of sp³-hybridized carbons (Fsp3) is 0.611. The Kier molecular flexibility index (Phi) is 7.27. The topological polar surface area (TPSA) is 66.5 Å². The number of carbonyl (C=O) groups excluding carboxylic acids is 1. The molecule has 0 aliphatic rings. The van der Waals surface area contributed by atoms with Crippen LogP contribution in [-0.2, 0) is 14.8 Å². The van der Waals surface area contributed by atoms with Gasteiger partial charge in [0.05, 0.1) is 11.9 Å². The lowest BCUT2D eigenvalue weighted by atomic mass is 10.1. The van der Waals surface area contributed by atoms with Gasteiger partial charge >= 0.3 is 0 Å². The van der Waals surface area contributed by atoms with Gasteiger partial charge in [-0.3, -0.25) is 9.10 Å². The van der Waals surface area contributed by atoms with E-state index in [1.54, 1.807) is 0 Å². The quantitative estimate of drug-likeness (QED) is 0.780. The summed E-state index contributed by atoms with van der Waals surface area (Å²) in [6.45, 7) is 10.3. The van der Waals surface area contributed by atoms with Gasteiger partial charge in [0, 0.05) is 19.0 Å². The Morgan fingerprint density at radius 3 is 2.29 bits per heavy atom. The number of amides is 1. The van der Waals surface area contributed by atoms with Crippen LogP contribution >= 0.6 is 0 Å². The zero-order chi connectivity index (χ0) is 18.5. The Labute approximate surface area is 146 Å². The maximum absolute atomic E-state index is 12.1. The minimum atomic E-state index is -3.38. The first-order valence-electron chi connectivity index (χ1n) is 8.36. The SMILES string of the molecule is Cc1ccc(N(CCCC(=O)N[C@H](C)C(C)C)S(C)(=O)=O)cc1C. The normalized spacial score (nSPS) is 13.0. The molecule has 0 unspecified atom stereocenters. The van der Waals surface area contributed by atoms with Crippen LogP contribution in [0.5, 0.6) is 0 Å². The third-order valence-electron chi connectivity index (χ3n) is 4.33. The molecule has 0 fully saturated rings. The van der Waals surface area contributed by atoms with E-state index in [2.05, 4.69) is 19.2 Å². The van der Waals surface area contributed by atoms with Crippen molar-refractivity contribution in [3.63, 3.8) is 0 Å². The molecule has 24 heavy (non-hydrogen) atoms. The van der Waals surface area contributed by atoms with Crippen molar-refractivity contribution in [1.29, 1.82) is 0 Å². The van der Waals surface area contributed by atoms with Crippen molar-refractivity contribution in [2.45, 2.75) is 53.5 Å². The van der Waals surface area contributed by atoms with Crippen LogP contribution in [-0.4, -0.2) is 33.2 Å². The van der Waals surface area contributed by atoms with Gasteiger partial charge in [0.15, 0.2) is 0 Å². The van der Waals surface area contributed by atoms with Gasteiger partial charge in [-0.2, -0.15) is 0 Å². The number of benzene rings is 1. The second kappa shape index (κ2) is 8.51. The highest BCUT2D eigenvalue weighted by atomic mass is 32.2. The predicted octanol–water partition coefficient (Wildman–Crippen LogP) is 3.01. The first-order chi connectivity index (χ1) is 11.0. The number of rotatable bonds is 8. The predicted molar refractivity (Wildman–Crippen MR) is 99.8 cm³/mol. The minimum Gasteiger partial charge on any atom is -0.353 e. The fourth-order valence-electron chi connectivity index (χ4n) is 2.24. The molecule has 1 N–H and O–H groups in total. The highest BCUT2D eigenvalue weighted by molar-refractivity contribution is 7.92. The van der Waals surface area contributed by atoms with Gasteiger partial charge in [0.2, 0.25) is 15.9 Å². The monoisotopic (exact) mass is 354 g/mol. The summed E-state index contributed by atoms with van der Waals surface area (Å²) in [7, 11) is -3.38. The molecule has 0 aliphatic heterocycles. The molecule has 0 spiro atoms. The Morgan fingerprint density at radius 2 is 1.79 bits per heavy atom. The fourth-order valence-corrected chi connectivity index (χ4v) is 3.20. The Bertz CT molecular complexity index is 669. The minimum absolute atomic E-state index is 0.0373. The number of hydrogen-bond donors (Lipinski definition) is 1. The average Bonchev–Trinajstić information content (AvgIpc) is 2.45. The summed E-state index contributed by atoms with van der Waals surface area (Å²) in [6, 6.07) is 5.71. The van der Waals surface area contributed by atoms with Gasteiger partial charge in [-0.25, -0.2) is 8.42 Å². The molecule has 6 heteroatoms. The number of anilines is 1. The largest absolute Gasteiger partial charge is 0.353 e. The summed E-state index contributed by atoms with van der Waals surface area (Å²) in [5.41, 5.74) is 2.82. The Hall–Kier alpha value is -1.56. The summed E-state index contributed by atoms with van der Waals surface area (Å²) < 4.78 is 25.6. The van der Waals surface area contributed by atoms with E-state index in [1.807, 2.05) is 39.0 Å². The number of sulfonamides is 1. The van der Waals surface area contributed by atoms with E-state index < -0.39 is 10.0 Å². The molecule has 1 atom stereocenters. The third-order valence-corrected chi connectivity index (χ3v) is 5.53. The van der Waals surface area contributed by atoms with E-state index in [-0.39, 0.29) is 11.9 Å². The molecule has 0 heterocycles. The summed E-state index contributed by atoms with van der Waals surface area (Å²) >= 11 is 0. The molecule has 1 aromatic carbocycles. The highest BCUT2D eigenvalue weighted by Gasteiger charge is 2.18. The van der Waals surface area contributed by atoms with E-state index in [9.17, 15) is 13.2 Å². The van der Waals surface area contributed by atoms with Gasteiger partial charge in [-0.1, -0.05) is 19.9 Å². The number of hydrogen-bond acceptors (Lipinski definition) is 3. The van der Waals surface area contributed by atoms with Crippen LogP contribution < -0.4 is 9.62 Å². The van der Waals surface area contributed by atoms with Crippen LogP contribution in [0.4, 0.5) is 5.69 Å². The van der Waals surface area contributed by atoms with Crippen LogP contribution in [0.15, 0.2) is 18.2 Å². The summed E-state index contributed by atoms with van der Waals surface area (Å²) in [6.07, 6.45) is 1.99. The maximum atomic E-state index is 12.1. The van der Waals surface area contributed by atoms with Crippen molar-refractivity contribution in [3.8, 4) is 0 Å². The van der Waals surface area contributed by atoms with Gasteiger partial charge in [-0.15, -0.1) is 0 Å². The molecule has 1 amide bonds. The van der Waals surface area contributed by atoms with Crippen molar-refractivity contribution in [2.24, 2.45) is 5.92 Å². The smallest absolute Gasteiger partial charge is 0.232 e. The standard InChI is InChI=1S/C18H30N2O3S/c1-13(2)16(5)19-18(21)8-7-11-20(24(6,22)23)17-10-9-14(3)15(4)12-17/h9-10,12-13,16H,7-8,11H2,1-6H3,(H,19,21)/t16-/m1/s1. The first-order valence-corrected chi connectivity index (χ1v) is 10.2. The number of nitrogens with one attached hydrogen (secondary N) is 1. The van der Waals surface area contributed by atoms with E-state index in [1.165, 1.54) is 10.6 Å². The van der Waals surface area contributed by atoms with Crippen molar-refractivity contribution >= 4 is 21.6 Å². The molecule has 0 bridgehead atoms. The second-order valence-electron chi connectivity index (χ2n) is 6.81. The van der Waals surface area contributed by atoms with Crippen LogP contribution in [0.2, 0.25) is 0 Å². The molecule has 0 saturated carbocycles. The van der Waals surface area contributed by atoms with Crippen molar-refractivity contribution in [3.05, 3.63) is 29.3 Å². The number of carbonyl (C=O) groups is 1. The molecular formula is C18H30N2O3S. The molecule has 0 aliphatic carbocycles. The molecule has 136 valence electrons. The summed E-state index contributed by atoms with van der Waals surface area (Å²) in [5, 5.41) is 2.94. The van der Waals surface area contributed by atoms with E-state index in [0.717, 1.165) is 11.1 Å². The second-order valence-corrected chi connectivity index (χ2v) is 8.71. The zero-order valence-corrected chi connectivity index (χ0v) is 16.4. The zero-order valence-electron chi connectivity index (χ0n) is 15.6. The van der Waals surface area contributed by atoms with E-state index in [0.29, 0.717) is 31.0 Å². The lowest BCUT2D eigenvalue weighted by molar-refractivity contribution is -0.122. The van der Waals surface area contributed by atoms with Gasteiger partial charge in [0.25, 0.3) is 0 Å². The highest BCUT2D eigenvalue weighted by Crippen LogP contribution is 2.21. The molecule has 1 aromatic rings. The van der Waals surface area contributed by atoms with Crippen LogP contribution in [0.1, 0.15) is 44.7 Å². The van der Waals surface area contributed by atoms with Gasteiger partial charge < -0.3 is 5.32 Å². The van der Waals surface area contributed by atoms with Gasteiger partial charge in [-0.05, 0) is 56.4 Å². The van der Waals surface area contributed by atoms with Gasteiger partial charge in [0.1, 0.15) is 0 Å². The van der Waals surface area contributed by atoms with Crippen molar-refractivity contribution in [2.75, 3.05) is 17.1 Å². The van der Waals surface area contributed by atoms with Crippen molar-refractivity contribution in [1.82, 2.24) is 5.32 Å². The molecule has 0 aromatic heterocycles. The Morgan fingerprint density at radius 1 is 1.17 bits per heavy atom. The summed E-state index contributed by atoms with van der Waals surface area (Å²) in [4.78, 5) is 11.9. The van der Waals surface area contributed by atoms with E-state index >= 15 is 0 Å². The Balaban J connectivity index is 2.72. The molecule has 0 saturated heterocycles. The van der Waals surface area contributed by atoms with Crippen LogP contribution in [0, 0.1) is 19.8 Å².